The van der Waals surface area contributed by atoms with E-state index < -0.39 is 0 Å². The largest absolute Gasteiger partial charge is 0.475 e. The third-order valence-corrected chi connectivity index (χ3v) is 1.50. The molecule has 0 atom stereocenters. The summed E-state index contributed by atoms with van der Waals surface area (Å²) in [6.45, 7) is 13.5. The molecule has 0 N–H and O–H groups in total. The Labute approximate surface area is 105 Å². The van der Waals surface area contributed by atoms with Gasteiger partial charge < -0.3 is 4.74 Å². The maximum atomic E-state index is 5.28. The van der Waals surface area contributed by atoms with E-state index in [1.54, 1.807) is 6.92 Å². The molecule has 0 radical (unpaired) electrons. The molecule has 0 heterocycles. The molecule has 0 spiro atoms. The zero-order valence-corrected chi connectivity index (χ0v) is 11.6. The van der Waals surface area contributed by atoms with Crippen LogP contribution in [-0.2, 0) is 11.3 Å². The van der Waals surface area contributed by atoms with Crippen LogP contribution in [0.4, 0.5) is 0 Å². The van der Waals surface area contributed by atoms with Crippen LogP contribution in [0, 0.1) is 0 Å². The lowest BCUT2D eigenvalue weighted by molar-refractivity contribution is 0.289. The zero-order valence-electron chi connectivity index (χ0n) is 11.6. The van der Waals surface area contributed by atoms with Gasteiger partial charge in [0.05, 0.1) is 0 Å². The van der Waals surface area contributed by atoms with Gasteiger partial charge in [-0.05, 0) is 5.56 Å². The lowest BCUT2D eigenvalue weighted by Crippen LogP contribution is -1.98. The van der Waals surface area contributed by atoms with Crippen molar-refractivity contribution in [3.8, 4) is 0 Å². The number of ether oxygens (including phenoxy) is 1. The van der Waals surface area contributed by atoms with E-state index >= 15 is 0 Å². The van der Waals surface area contributed by atoms with Gasteiger partial charge in [-0.15, -0.1) is 5.10 Å². The van der Waals surface area contributed by atoms with Crippen LogP contribution in [0.1, 0.15) is 40.2 Å². The number of benzene rings is 1. The second-order valence-corrected chi connectivity index (χ2v) is 2.53. The molecule has 0 aliphatic carbocycles. The van der Waals surface area contributed by atoms with Gasteiger partial charge in [-0.2, -0.15) is 5.10 Å². The minimum atomic E-state index is 0.520. The molecule has 3 heteroatoms. The van der Waals surface area contributed by atoms with Gasteiger partial charge in [0.2, 0.25) is 5.90 Å². The van der Waals surface area contributed by atoms with Crippen molar-refractivity contribution in [3.05, 3.63) is 35.9 Å². The second kappa shape index (κ2) is 14.4. The fraction of sp³-hybridized carbons (Fsp3) is 0.429. The molecule has 3 nitrogen and oxygen atoms in total. The average Bonchev–Trinajstić information content (AvgIpc) is 2.43. The van der Waals surface area contributed by atoms with E-state index in [-0.39, 0.29) is 0 Å². The first kappa shape index (κ1) is 17.7. The second-order valence-electron chi connectivity index (χ2n) is 2.53. The fourth-order valence-electron chi connectivity index (χ4n) is 0.890. The van der Waals surface area contributed by atoms with Gasteiger partial charge in [-0.1, -0.05) is 58.0 Å². The molecule has 0 aliphatic heterocycles. The van der Waals surface area contributed by atoms with E-state index in [0.717, 1.165) is 5.56 Å². The normalized spacial score (nSPS) is 9.12. The quantitative estimate of drug-likeness (QED) is 0.438. The highest BCUT2D eigenvalue weighted by Gasteiger charge is 1.93. The first-order chi connectivity index (χ1) is 8.33. The van der Waals surface area contributed by atoms with E-state index in [1.807, 2.05) is 58.0 Å². The van der Waals surface area contributed by atoms with Crippen molar-refractivity contribution in [2.24, 2.45) is 10.2 Å². The van der Waals surface area contributed by atoms with Gasteiger partial charge in [0, 0.05) is 13.6 Å². The van der Waals surface area contributed by atoms with Crippen LogP contribution in [0.25, 0.3) is 0 Å². The van der Waals surface area contributed by atoms with Crippen molar-refractivity contribution in [3.63, 3.8) is 0 Å². The van der Waals surface area contributed by atoms with Crippen molar-refractivity contribution in [1.29, 1.82) is 0 Å². The summed E-state index contributed by atoms with van der Waals surface area (Å²) in [7, 11) is 0. The predicted molar refractivity (Wildman–Crippen MR) is 76.6 cm³/mol. The van der Waals surface area contributed by atoms with Crippen LogP contribution < -0.4 is 0 Å². The third-order valence-electron chi connectivity index (χ3n) is 1.50. The van der Waals surface area contributed by atoms with E-state index in [1.165, 1.54) is 0 Å². The Morgan fingerprint density at radius 3 is 2.12 bits per heavy atom. The number of hydrogen-bond donors (Lipinski definition) is 0. The van der Waals surface area contributed by atoms with Gasteiger partial charge >= 0.3 is 0 Å². The highest BCUT2D eigenvalue weighted by atomic mass is 16.5. The molecule has 0 amide bonds. The smallest absolute Gasteiger partial charge is 0.205 e. The van der Waals surface area contributed by atoms with Gasteiger partial charge in [0.25, 0.3) is 0 Å². The summed E-state index contributed by atoms with van der Waals surface area (Å²) in [6.07, 6.45) is 0. The third kappa shape index (κ3) is 10.6. The molecule has 1 aromatic carbocycles. The highest BCUT2D eigenvalue weighted by molar-refractivity contribution is 5.73. The first-order valence-corrected chi connectivity index (χ1v) is 6.00. The predicted octanol–water partition coefficient (Wildman–Crippen LogP) is 4.29. The maximum absolute atomic E-state index is 5.28. The Hall–Kier alpha value is -1.64. The molecule has 96 valence electrons. The van der Waals surface area contributed by atoms with E-state index in [2.05, 4.69) is 16.9 Å². The van der Waals surface area contributed by atoms with E-state index in [4.69, 9.17) is 4.74 Å². The zero-order chi connectivity index (χ0) is 13.5. The Morgan fingerprint density at radius 1 is 1.12 bits per heavy atom. The van der Waals surface area contributed by atoms with E-state index in [9.17, 15) is 0 Å². The van der Waals surface area contributed by atoms with Crippen LogP contribution in [0.5, 0.6) is 0 Å². The van der Waals surface area contributed by atoms with Crippen molar-refractivity contribution >= 4 is 12.6 Å². The van der Waals surface area contributed by atoms with Crippen LogP contribution in [0.3, 0.4) is 0 Å². The number of hydrogen-bond acceptors (Lipinski definition) is 3. The molecule has 0 aromatic heterocycles. The highest BCUT2D eigenvalue weighted by Crippen LogP contribution is 2.00. The molecule has 1 rings (SSSR count). The molecular formula is C14H24N2O. The van der Waals surface area contributed by atoms with Crippen LogP contribution in [-0.4, -0.2) is 12.6 Å². The molecule has 0 saturated carbocycles. The molecular weight excluding hydrogens is 212 g/mol. The van der Waals surface area contributed by atoms with E-state index in [0.29, 0.717) is 12.5 Å². The number of rotatable bonds is 3. The first-order valence-electron chi connectivity index (χ1n) is 6.00. The molecule has 17 heavy (non-hydrogen) atoms. The van der Waals surface area contributed by atoms with Gasteiger partial charge in [-0.3, -0.25) is 0 Å². The Bertz CT molecular complexity index is 294. The van der Waals surface area contributed by atoms with Crippen molar-refractivity contribution in [2.75, 3.05) is 0 Å². The molecule has 0 fully saturated rings. The van der Waals surface area contributed by atoms with Crippen molar-refractivity contribution in [2.45, 2.75) is 41.2 Å². The minimum Gasteiger partial charge on any atom is -0.475 e. The summed E-state index contributed by atoms with van der Waals surface area (Å²) in [4.78, 5) is 0. The van der Waals surface area contributed by atoms with Crippen LogP contribution in [0.2, 0.25) is 0 Å². The maximum Gasteiger partial charge on any atom is 0.205 e. The molecule has 0 bridgehead atoms. The van der Waals surface area contributed by atoms with Gasteiger partial charge in [-0.25, -0.2) is 0 Å². The Balaban J connectivity index is 0. The Kier molecular flexibility index (Phi) is 15.0. The topological polar surface area (TPSA) is 34.0 Å². The van der Waals surface area contributed by atoms with Gasteiger partial charge in [0.1, 0.15) is 6.61 Å². The minimum absolute atomic E-state index is 0.520. The standard InChI is InChI=1S/C10H12N2O.2C2H6/c1-9(12-11-2)13-8-10-6-4-3-5-7-10;2*1-2/h3-7H,2,8H2,1H3;2*1-2H3/b12-9+;;. The fourth-order valence-corrected chi connectivity index (χ4v) is 0.890. The monoisotopic (exact) mass is 236 g/mol. The lowest BCUT2D eigenvalue weighted by atomic mass is 10.2. The molecule has 0 aliphatic rings. The SMILES string of the molecule is C=N/N=C(\C)OCc1ccccc1.CC.CC. The molecule has 0 saturated heterocycles. The summed E-state index contributed by atoms with van der Waals surface area (Å²) in [6, 6.07) is 9.90. The van der Waals surface area contributed by atoms with Crippen molar-refractivity contribution in [1.82, 2.24) is 0 Å². The van der Waals surface area contributed by atoms with Crippen molar-refractivity contribution < 1.29 is 4.74 Å². The van der Waals surface area contributed by atoms with Crippen LogP contribution >= 0.6 is 0 Å². The average molecular weight is 236 g/mol. The summed E-state index contributed by atoms with van der Waals surface area (Å²) in [5.41, 5.74) is 1.11. The summed E-state index contributed by atoms with van der Waals surface area (Å²) < 4.78 is 5.28. The lowest BCUT2D eigenvalue weighted by Gasteiger charge is -2.03. The summed E-state index contributed by atoms with van der Waals surface area (Å²) >= 11 is 0. The van der Waals surface area contributed by atoms with Crippen LogP contribution in [0.15, 0.2) is 40.5 Å². The summed E-state index contributed by atoms with van der Waals surface area (Å²) in [5, 5.41) is 7.01. The molecule has 0 unspecified atom stereocenters. The molecule has 1 aromatic rings. The summed E-state index contributed by atoms with van der Waals surface area (Å²) in [5.74, 6) is 0.527. The van der Waals surface area contributed by atoms with Gasteiger partial charge in [0.15, 0.2) is 0 Å². The number of nitrogens with zero attached hydrogens (tertiary/aromatic N) is 2. The Morgan fingerprint density at radius 2 is 1.65 bits per heavy atom.